The molecule has 2 heterocycles. The van der Waals surface area contributed by atoms with Crippen molar-refractivity contribution in [3.05, 3.63) is 59.7 Å². The highest BCUT2D eigenvalue weighted by Crippen LogP contribution is 2.23. The van der Waals surface area contributed by atoms with Crippen molar-refractivity contribution in [2.75, 3.05) is 7.11 Å². The number of H-pyrrole nitrogens is 1. The number of hydrogen-bond acceptors (Lipinski definition) is 2. The molecule has 0 bridgehead atoms. The van der Waals surface area contributed by atoms with Crippen LogP contribution >= 0.6 is 0 Å². The molecule has 0 fully saturated rings. The molecule has 0 atom stereocenters. The van der Waals surface area contributed by atoms with E-state index in [1.807, 2.05) is 18.3 Å². The van der Waals surface area contributed by atoms with Crippen LogP contribution in [0.1, 0.15) is 11.1 Å². The van der Waals surface area contributed by atoms with Gasteiger partial charge in [0, 0.05) is 24.2 Å². The average molecular weight is 256 g/mol. The van der Waals surface area contributed by atoms with Crippen molar-refractivity contribution in [2.24, 2.45) is 0 Å². The minimum Gasteiger partial charge on any atom is -0.497 e. The lowest BCUT2D eigenvalue weighted by atomic mass is 10.0. The third-order valence-electron chi connectivity index (χ3n) is 3.17. The zero-order valence-electron chi connectivity index (χ0n) is 10.5. The number of aromatic amines is 1. The molecule has 1 aromatic carbocycles. The van der Waals surface area contributed by atoms with Gasteiger partial charge in [0.15, 0.2) is 0 Å². The minimum absolute atomic E-state index is 0.223. The molecule has 3 rings (SSSR count). The van der Waals surface area contributed by atoms with Crippen molar-refractivity contribution in [3.63, 3.8) is 0 Å². The van der Waals surface area contributed by atoms with Crippen LogP contribution in [0.5, 0.6) is 5.75 Å². The van der Waals surface area contributed by atoms with E-state index in [4.69, 9.17) is 4.74 Å². The van der Waals surface area contributed by atoms with Crippen molar-refractivity contribution in [1.29, 1.82) is 0 Å². The molecule has 4 heteroatoms. The highest BCUT2D eigenvalue weighted by Gasteiger charge is 2.09. The van der Waals surface area contributed by atoms with Gasteiger partial charge in [-0.15, -0.1) is 0 Å². The number of pyridine rings is 1. The van der Waals surface area contributed by atoms with Gasteiger partial charge in [0.1, 0.15) is 17.2 Å². The Bertz CT molecular complexity index is 721. The Balaban J connectivity index is 2.01. The van der Waals surface area contributed by atoms with Gasteiger partial charge in [0.2, 0.25) is 0 Å². The Labute approximate surface area is 110 Å². The van der Waals surface area contributed by atoms with Crippen LogP contribution in [-0.4, -0.2) is 17.1 Å². The first-order valence-electron chi connectivity index (χ1n) is 6.01. The van der Waals surface area contributed by atoms with Crippen molar-refractivity contribution in [2.45, 2.75) is 6.42 Å². The highest BCUT2D eigenvalue weighted by molar-refractivity contribution is 5.79. The summed E-state index contributed by atoms with van der Waals surface area (Å²) in [4.78, 5) is 7.32. The molecule has 0 aliphatic heterocycles. The summed E-state index contributed by atoms with van der Waals surface area (Å²) in [5, 5.41) is 1.02. The first-order valence-corrected chi connectivity index (χ1v) is 6.01. The standard InChI is InChI=1S/C15H13FN2O/c1-19-12-4-5-14(16)10(8-12)7-11-9-18-15-13(11)3-2-6-17-15/h2-6,8-9H,7H2,1H3,(H,17,18). The number of aromatic nitrogens is 2. The van der Waals surface area contributed by atoms with Gasteiger partial charge in [-0.05, 0) is 41.5 Å². The summed E-state index contributed by atoms with van der Waals surface area (Å²) in [5.74, 6) is 0.438. The van der Waals surface area contributed by atoms with E-state index in [-0.39, 0.29) is 5.82 Å². The monoisotopic (exact) mass is 256 g/mol. The van der Waals surface area contributed by atoms with Crippen molar-refractivity contribution in [1.82, 2.24) is 9.97 Å². The van der Waals surface area contributed by atoms with Crippen LogP contribution in [0, 0.1) is 5.82 Å². The zero-order valence-corrected chi connectivity index (χ0v) is 10.5. The minimum atomic E-state index is -0.223. The van der Waals surface area contributed by atoms with Crippen molar-refractivity contribution >= 4 is 11.0 Å². The summed E-state index contributed by atoms with van der Waals surface area (Å²) in [6.45, 7) is 0. The van der Waals surface area contributed by atoms with E-state index in [2.05, 4.69) is 9.97 Å². The maximum absolute atomic E-state index is 13.8. The number of rotatable bonds is 3. The summed E-state index contributed by atoms with van der Waals surface area (Å²) in [6.07, 6.45) is 4.11. The molecule has 19 heavy (non-hydrogen) atoms. The first kappa shape index (κ1) is 11.7. The Morgan fingerprint density at radius 3 is 3.00 bits per heavy atom. The molecule has 0 saturated carbocycles. The molecule has 3 nitrogen and oxygen atoms in total. The second kappa shape index (κ2) is 4.72. The van der Waals surface area contributed by atoms with Gasteiger partial charge in [0.05, 0.1) is 7.11 Å². The molecule has 0 aliphatic carbocycles. The molecule has 0 radical (unpaired) electrons. The quantitative estimate of drug-likeness (QED) is 0.780. The van der Waals surface area contributed by atoms with Crippen LogP contribution < -0.4 is 4.74 Å². The maximum atomic E-state index is 13.8. The maximum Gasteiger partial charge on any atom is 0.137 e. The number of nitrogens with one attached hydrogen (secondary N) is 1. The fourth-order valence-electron chi connectivity index (χ4n) is 2.18. The number of benzene rings is 1. The second-order valence-electron chi connectivity index (χ2n) is 4.35. The largest absolute Gasteiger partial charge is 0.497 e. The van der Waals surface area contributed by atoms with Gasteiger partial charge in [-0.1, -0.05) is 0 Å². The van der Waals surface area contributed by atoms with E-state index in [1.54, 1.807) is 25.4 Å². The van der Waals surface area contributed by atoms with Crippen LogP contribution in [0.3, 0.4) is 0 Å². The highest BCUT2D eigenvalue weighted by atomic mass is 19.1. The number of methoxy groups -OCH3 is 1. The fourth-order valence-corrected chi connectivity index (χ4v) is 2.18. The van der Waals surface area contributed by atoms with Gasteiger partial charge in [-0.2, -0.15) is 0 Å². The van der Waals surface area contributed by atoms with Gasteiger partial charge in [-0.3, -0.25) is 0 Å². The normalized spacial score (nSPS) is 10.8. The Morgan fingerprint density at radius 1 is 1.26 bits per heavy atom. The summed E-state index contributed by atoms with van der Waals surface area (Å²) in [5.41, 5.74) is 2.46. The molecule has 2 aromatic heterocycles. The SMILES string of the molecule is COc1ccc(F)c(Cc2c[nH]c3ncccc23)c1. The average Bonchev–Trinajstić information content (AvgIpc) is 2.85. The molecule has 0 aliphatic rings. The molecule has 96 valence electrons. The third-order valence-corrected chi connectivity index (χ3v) is 3.17. The Hall–Kier alpha value is -2.36. The van der Waals surface area contributed by atoms with E-state index < -0.39 is 0 Å². The van der Waals surface area contributed by atoms with E-state index >= 15 is 0 Å². The molecular formula is C15H13FN2O. The van der Waals surface area contributed by atoms with Gasteiger partial charge in [-0.25, -0.2) is 9.37 Å². The summed E-state index contributed by atoms with van der Waals surface area (Å²) in [7, 11) is 1.58. The van der Waals surface area contributed by atoms with E-state index in [1.165, 1.54) is 6.07 Å². The number of fused-ring (bicyclic) bond motifs is 1. The van der Waals surface area contributed by atoms with E-state index in [9.17, 15) is 4.39 Å². The molecule has 0 saturated heterocycles. The van der Waals surface area contributed by atoms with Crippen LogP contribution in [0.25, 0.3) is 11.0 Å². The topological polar surface area (TPSA) is 37.9 Å². The third kappa shape index (κ3) is 2.17. The fraction of sp³-hybridized carbons (Fsp3) is 0.133. The van der Waals surface area contributed by atoms with Crippen LogP contribution in [0.15, 0.2) is 42.7 Å². The van der Waals surface area contributed by atoms with Crippen molar-refractivity contribution in [3.8, 4) is 5.75 Å². The zero-order chi connectivity index (χ0) is 13.2. The Kier molecular flexibility index (Phi) is 2.91. The number of ether oxygens (including phenoxy) is 1. The lowest BCUT2D eigenvalue weighted by molar-refractivity contribution is 0.413. The van der Waals surface area contributed by atoms with E-state index in [0.717, 1.165) is 16.6 Å². The van der Waals surface area contributed by atoms with Gasteiger partial charge >= 0.3 is 0 Å². The van der Waals surface area contributed by atoms with Crippen LogP contribution in [0.4, 0.5) is 4.39 Å². The molecule has 0 amide bonds. The molecular weight excluding hydrogens is 243 g/mol. The van der Waals surface area contributed by atoms with Crippen molar-refractivity contribution < 1.29 is 9.13 Å². The molecule has 1 N–H and O–H groups in total. The Morgan fingerprint density at radius 2 is 2.16 bits per heavy atom. The van der Waals surface area contributed by atoms with Crippen LogP contribution in [0.2, 0.25) is 0 Å². The first-order chi connectivity index (χ1) is 9.28. The lowest BCUT2D eigenvalue weighted by Gasteiger charge is -2.05. The van der Waals surface area contributed by atoms with Gasteiger partial charge < -0.3 is 9.72 Å². The molecule has 0 spiro atoms. The summed E-state index contributed by atoms with van der Waals surface area (Å²) < 4.78 is 18.9. The molecule has 0 unspecified atom stereocenters. The second-order valence-corrected chi connectivity index (χ2v) is 4.35. The predicted molar refractivity (Wildman–Crippen MR) is 71.9 cm³/mol. The summed E-state index contributed by atoms with van der Waals surface area (Å²) in [6, 6.07) is 8.63. The van der Waals surface area contributed by atoms with Crippen LogP contribution in [-0.2, 0) is 6.42 Å². The predicted octanol–water partition coefficient (Wildman–Crippen LogP) is 3.30. The smallest absolute Gasteiger partial charge is 0.137 e. The molecule has 3 aromatic rings. The number of hydrogen-bond donors (Lipinski definition) is 1. The van der Waals surface area contributed by atoms with E-state index in [0.29, 0.717) is 17.7 Å². The number of halogens is 1. The van der Waals surface area contributed by atoms with Gasteiger partial charge in [0.25, 0.3) is 0 Å². The number of nitrogens with zero attached hydrogens (tertiary/aromatic N) is 1. The summed E-state index contributed by atoms with van der Waals surface area (Å²) >= 11 is 0. The lowest BCUT2D eigenvalue weighted by Crippen LogP contribution is -1.93.